The summed E-state index contributed by atoms with van der Waals surface area (Å²) in [6.45, 7) is 2.04. The average Bonchev–Trinajstić information content (AvgIpc) is 2.57. The lowest BCUT2D eigenvalue weighted by atomic mass is 9.49. The molecule has 0 amide bonds. The van der Waals surface area contributed by atoms with Crippen molar-refractivity contribution < 1.29 is 22.7 Å². The minimum atomic E-state index is -1.81. The molecule has 158 valence electrons. The molecule has 4 bridgehead atoms. The van der Waals surface area contributed by atoms with Crippen molar-refractivity contribution in [2.75, 3.05) is 11.9 Å². The fourth-order valence-electron chi connectivity index (χ4n) is 6.90. The van der Waals surface area contributed by atoms with Crippen LogP contribution in [0.2, 0.25) is 0 Å². The summed E-state index contributed by atoms with van der Waals surface area (Å²) in [7, 11) is 0. The van der Waals surface area contributed by atoms with E-state index >= 15 is 13.2 Å². The number of fused-ring (bicyclic) bond motifs is 1. The van der Waals surface area contributed by atoms with E-state index in [1.807, 2.05) is 0 Å². The van der Waals surface area contributed by atoms with Gasteiger partial charge in [-0.15, -0.1) is 0 Å². The van der Waals surface area contributed by atoms with Crippen LogP contribution in [0.25, 0.3) is 0 Å². The molecule has 0 radical (unpaired) electrons. The number of nitrogens with one attached hydrogen (secondary N) is 1. The van der Waals surface area contributed by atoms with Crippen LogP contribution in [0.4, 0.5) is 19.0 Å². The van der Waals surface area contributed by atoms with E-state index in [1.54, 1.807) is 6.92 Å². The Morgan fingerprint density at radius 3 is 2.10 bits per heavy atom. The molecule has 1 aromatic rings. The number of anilines is 1. The standard InChI is InChI=1S/C22H27F3N2O2/c1-2-29-18(28)16-7-26-17(15-6-4-3-5-14(15)16)27-22-11-19(23)8-20(24,12-22)10-21(25,9-19)13-22/h7H,2-6,8-13H2,1H3,(H,26,27). The van der Waals surface area contributed by atoms with Gasteiger partial charge in [-0.1, -0.05) is 0 Å². The van der Waals surface area contributed by atoms with Gasteiger partial charge in [-0.25, -0.2) is 22.9 Å². The third-order valence-corrected chi connectivity index (χ3v) is 7.15. The summed E-state index contributed by atoms with van der Waals surface area (Å²) in [4.78, 5) is 16.8. The topological polar surface area (TPSA) is 51.2 Å². The lowest BCUT2D eigenvalue weighted by Gasteiger charge is -2.63. The largest absolute Gasteiger partial charge is 0.462 e. The minimum Gasteiger partial charge on any atom is -0.462 e. The number of carbonyl (C=O) groups is 1. The normalized spacial score (nSPS) is 39.9. The van der Waals surface area contributed by atoms with Gasteiger partial charge >= 0.3 is 5.97 Å². The van der Waals surface area contributed by atoms with E-state index in [0.717, 1.165) is 36.8 Å². The van der Waals surface area contributed by atoms with Crippen LogP contribution in [0.15, 0.2) is 6.20 Å². The smallest absolute Gasteiger partial charge is 0.339 e. The van der Waals surface area contributed by atoms with E-state index in [9.17, 15) is 4.79 Å². The first-order valence-electron chi connectivity index (χ1n) is 10.7. The molecule has 1 heterocycles. The SMILES string of the molecule is CCOC(=O)c1cnc(NC23CC4(F)CC(F)(CC(F)(C4)C2)C3)c2c1CCCC2. The third-order valence-electron chi connectivity index (χ3n) is 7.15. The molecule has 7 heteroatoms. The van der Waals surface area contributed by atoms with Crippen molar-refractivity contribution in [2.45, 2.75) is 93.7 Å². The number of alkyl halides is 3. The van der Waals surface area contributed by atoms with Crippen LogP contribution in [0.5, 0.6) is 0 Å². The second kappa shape index (κ2) is 6.11. The summed E-state index contributed by atoms with van der Waals surface area (Å²) in [5.41, 5.74) is -4.13. The van der Waals surface area contributed by atoms with Gasteiger partial charge in [0.1, 0.15) is 22.8 Å². The number of halogens is 3. The van der Waals surface area contributed by atoms with Gasteiger partial charge in [0.15, 0.2) is 0 Å². The molecule has 0 atom stereocenters. The number of pyridine rings is 1. The lowest BCUT2D eigenvalue weighted by molar-refractivity contribution is -0.183. The molecule has 5 aliphatic rings. The minimum absolute atomic E-state index is 0.105. The number of nitrogens with zero attached hydrogens (tertiary/aromatic N) is 1. The molecule has 5 aliphatic carbocycles. The second-order valence-electron chi connectivity index (χ2n) is 9.82. The number of rotatable bonds is 4. The number of ether oxygens (including phenoxy) is 1. The van der Waals surface area contributed by atoms with E-state index in [0.29, 0.717) is 11.4 Å². The first-order valence-corrected chi connectivity index (χ1v) is 10.7. The van der Waals surface area contributed by atoms with E-state index in [2.05, 4.69) is 10.3 Å². The Labute approximate surface area is 168 Å². The number of hydrogen-bond donors (Lipinski definition) is 1. The molecule has 4 fully saturated rings. The zero-order chi connectivity index (χ0) is 20.5. The van der Waals surface area contributed by atoms with E-state index in [4.69, 9.17) is 4.74 Å². The van der Waals surface area contributed by atoms with Crippen molar-refractivity contribution >= 4 is 11.8 Å². The Kier molecular flexibility index (Phi) is 4.04. The molecule has 0 spiro atoms. The molecule has 0 aromatic carbocycles. The van der Waals surface area contributed by atoms with Gasteiger partial charge < -0.3 is 10.1 Å². The molecule has 1 N–H and O–H groups in total. The number of carbonyl (C=O) groups excluding carboxylic acids is 1. The highest BCUT2D eigenvalue weighted by molar-refractivity contribution is 5.91. The number of hydrogen-bond acceptors (Lipinski definition) is 4. The maximum atomic E-state index is 15.3. The summed E-state index contributed by atoms with van der Waals surface area (Å²) >= 11 is 0. The first-order chi connectivity index (χ1) is 13.7. The maximum absolute atomic E-state index is 15.3. The molecule has 1 aromatic heterocycles. The van der Waals surface area contributed by atoms with Crippen LogP contribution in [0.3, 0.4) is 0 Å². The summed E-state index contributed by atoms with van der Waals surface area (Å²) < 4.78 is 51.1. The Balaban J connectivity index is 1.52. The first kappa shape index (κ1) is 19.2. The van der Waals surface area contributed by atoms with Crippen molar-refractivity contribution in [1.82, 2.24) is 4.98 Å². The summed E-state index contributed by atoms with van der Waals surface area (Å²) in [5.74, 6) is 0.151. The van der Waals surface area contributed by atoms with Crippen molar-refractivity contribution in [2.24, 2.45) is 0 Å². The Bertz CT molecular complexity index is 820. The zero-order valence-electron chi connectivity index (χ0n) is 16.8. The molecule has 0 saturated heterocycles. The lowest BCUT2D eigenvalue weighted by Crippen LogP contribution is -2.70. The molecule has 6 rings (SSSR count). The molecular formula is C22H27F3N2O2. The zero-order valence-corrected chi connectivity index (χ0v) is 16.8. The molecular weight excluding hydrogens is 381 g/mol. The highest BCUT2D eigenvalue weighted by Crippen LogP contribution is 2.65. The fourth-order valence-corrected chi connectivity index (χ4v) is 6.90. The van der Waals surface area contributed by atoms with Gasteiger partial charge in [0.2, 0.25) is 0 Å². The molecule has 4 nitrogen and oxygen atoms in total. The van der Waals surface area contributed by atoms with Crippen molar-refractivity contribution in [3.63, 3.8) is 0 Å². The van der Waals surface area contributed by atoms with Crippen LogP contribution in [0.1, 0.15) is 79.8 Å². The van der Waals surface area contributed by atoms with Gasteiger partial charge in [0, 0.05) is 50.3 Å². The Morgan fingerprint density at radius 1 is 1.00 bits per heavy atom. The quantitative estimate of drug-likeness (QED) is 0.728. The van der Waals surface area contributed by atoms with Crippen LogP contribution in [0, 0.1) is 0 Å². The van der Waals surface area contributed by atoms with Gasteiger partial charge in [0.25, 0.3) is 0 Å². The highest BCUT2D eigenvalue weighted by Gasteiger charge is 2.70. The van der Waals surface area contributed by atoms with Gasteiger partial charge in [-0.05, 0) is 43.7 Å². The molecule has 0 aliphatic heterocycles. The summed E-state index contributed by atoms with van der Waals surface area (Å²) in [6, 6.07) is 0. The Morgan fingerprint density at radius 2 is 1.55 bits per heavy atom. The van der Waals surface area contributed by atoms with E-state index in [-0.39, 0.29) is 45.1 Å². The molecule has 0 unspecified atom stereocenters. The summed E-state index contributed by atoms with van der Waals surface area (Å²) in [5, 5.41) is 3.31. The number of esters is 1. The average molecular weight is 408 g/mol. The predicted molar refractivity (Wildman–Crippen MR) is 102 cm³/mol. The second-order valence-corrected chi connectivity index (χ2v) is 9.82. The van der Waals surface area contributed by atoms with Gasteiger partial charge in [-0.3, -0.25) is 0 Å². The highest BCUT2D eigenvalue weighted by atomic mass is 19.2. The number of aromatic nitrogens is 1. The van der Waals surface area contributed by atoms with Crippen LogP contribution in [-0.4, -0.2) is 40.1 Å². The maximum Gasteiger partial charge on any atom is 0.339 e. The van der Waals surface area contributed by atoms with E-state index in [1.165, 1.54) is 6.20 Å². The monoisotopic (exact) mass is 408 g/mol. The Hall–Kier alpha value is -1.79. The fraction of sp³-hybridized carbons (Fsp3) is 0.727. The van der Waals surface area contributed by atoms with Crippen molar-refractivity contribution in [3.8, 4) is 0 Å². The molecule has 29 heavy (non-hydrogen) atoms. The van der Waals surface area contributed by atoms with Gasteiger partial charge in [0.05, 0.1) is 12.2 Å². The van der Waals surface area contributed by atoms with Crippen LogP contribution in [-0.2, 0) is 17.6 Å². The van der Waals surface area contributed by atoms with Gasteiger partial charge in [-0.2, -0.15) is 0 Å². The molecule has 4 saturated carbocycles. The van der Waals surface area contributed by atoms with Crippen molar-refractivity contribution in [3.05, 3.63) is 22.9 Å². The predicted octanol–water partition coefficient (Wildman–Crippen LogP) is 4.79. The van der Waals surface area contributed by atoms with E-state index < -0.39 is 28.5 Å². The third kappa shape index (κ3) is 3.12. The van der Waals surface area contributed by atoms with Crippen LogP contribution < -0.4 is 5.32 Å². The van der Waals surface area contributed by atoms with Crippen LogP contribution >= 0.6 is 0 Å². The summed E-state index contributed by atoms with van der Waals surface area (Å²) in [6.07, 6.45) is 4.57. The van der Waals surface area contributed by atoms with Crippen molar-refractivity contribution in [1.29, 1.82) is 0 Å².